The van der Waals surface area contributed by atoms with Crippen LogP contribution < -0.4 is 5.32 Å². The van der Waals surface area contributed by atoms with E-state index in [9.17, 15) is 9.90 Å². The zero-order valence-corrected chi connectivity index (χ0v) is 13.3. The Hall–Kier alpha value is -2.70. The van der Waals surface area contributed by atoms with Crippen molar-refractivity contribution in [3.63, 3.8) is 0 Å². The number of halogens is 1. The highest BCUT2D eigenvalue weighted by Gasteiger charge is 2.13. The molecule has 0 aliphatic rings. The maximum atomic E-state index is 12.2. The van der Waals surface area contributed by atoms with Crippen molar-refractivity contribution in [2.24, 2.45) is 0 Å². The number of nitrogens with one attached hydrogen (secondary N) is 1. The molecule has 1 unspecified atom stereocenters. The number of aliphatic hydroxyl groups excluding tert-OH is 1. The van der Waals surface area contributed by atoms with Crippen molar-refractivity contribution >= 4 is 17.5 Å². The third-order valence-corrected chi connectivity index (χ3v) is 3.83. The molecule has 0 bridgehead atoms. The van der Waals surface area contributed by atoms with E-state index < -0.39 is 6.10 Å². The van der Waals surface area contributed by atoms with Gasteiger partial charge in [-0.2, -0.15) is 4.98 Å². The Bertz CT molecular complexity index is 819. The number of carbonyl (C=O) groups excluding carboxylic acids is 1. The zero-order chi connectivity index (χ0) is 16.9. The fourth-order valence-electron chi connectivity index (χ4n) is 2.22. The highest BCUT2D eigenvalue weighted by Crippen LogP contribution is 2.22. The van der Waals surface area contributed by atoms with Crippen molar-refractivity contribution in [2.75, 3.05) is 6.54 Å². The van der Waals surface area contributed by atoms with Gasteiger partial charge < -0.3 is 14.9 Å². The second-order valence-electron chi connectivity index (χ2n) is 5.08. The normalized spacial score (nSPS) is 11.9. The summed E-state index contributed by atoms with van der Waals surface area (Å²) in [7, 11) is 0. The summed E-state index contributed by atoms with van der Waals surface area (Å²) >= 11 is 6.03. The molecule has 1 heterocycles. The quantitative estimate of drug-likeness (QED) is 0.743. The summed E-state index contributed by atoms with van der Waals surface area (Å²) in [5.41, 5.74) is 1.79. The van der Waals surface area contributed by atoms with E-state index in [-0.39, 0.29) is 12.5 Å². The van der Waals surface area contributed by atoms with Gasteiger partial charge in [-0.1, -0.05) is 47.1 Å². The van der Waals surface area contributed by atoms with E-state index in [1.54, 1.807) is 48.5 Å². The van der Waals surface area contributed by atoms with Gasteiger partial charge in [0, 0.05) is 28.3 Å². The zero-order valence-electron chi connectivity index (χ0n) is 12.5. The van der Waals surface area contributed by atoms with Gasteiger partial charge in [0.05, 0.1) is 6.10 Å². The largest absolute Gasteiger partial charge is 0.387 e. The molecule has 3 aromatic rings. The number of carbonyl (C=O) groups is 1. The average Bonchev–Trinajstić information content (AvgIpc) is 3.14. The van der Waals surface area contributed by atoms with Crippen molar-refractivity contribution in [3.8, 4) is 11.4 Å². The van der Waals surface area contributed by atoms with Gasteiger partial charge in [0.25, 0.3) is 5.91 Å². The molecule has 0 aliphatic carbocycles. The maximum Gasteiger partial charge on any atom is 0.251 e. The predicted octanol–water partition coefficient (Wildman–Crippen LogP) is 2.85. The molecule has 0 spiro atoms. The Kier molecular flexibility index (Phi) is 4.88. The Labute approximate surface area is 143 Å². The third-order valence-electron chi connectivity index (χ3n) is 3.49. The summed E-state index contributed by atoms with van der Waals surface area (Å²) in [6.45, 7) is 0.0646. The van der Waals surface area contributed by atoms with Gasteiger partial charge in [-0.25, -0.2) is 0 Å². The SMILES string of the molecule is O=C(NCC(O)c1ccccc1Cl)c1ccc(-c2ncon2)cc1. The molecule has 1 aromatic heterocycles. The topological polar surface area (TPSA) is 88.2 Å². The fraction of sp³-hybridized carbons (Fsp3) is 0.118. The maximum absolute atomic E-state index is 12.2. The van der Waals surface area contributed by atoms with Crippen molar-refractivity contribution in [3.05, 3.63) is 71.1 Å². The average molecular weight is 344 g/mol. The molecule has 1 amide bonds. The van der Waals surface area contributed by atoms with Crippen LogP contribution in [0.25, 0.3) is 11.4 Å². The number of hydrogen-bond donors (Lipinski definition) is 2. The summed E-state index contributed by atoms with van der Waals surface area (Å²) in [5, 5.41) is 17.0. The first-order chi connectivity index (χ1) is 11.6. The van der Waals surface area contributed by atoms with Gasteiger partial charge in [-0.05, 0) is 18.2 Å². The predicted molar refractivity (Wildman–Crippen MR) is 88.5 cm³/mol. The van der Waals surface area contributed by atoms with E-state index in [4.69, 9.17) is 11.6 Å². The summed E-state index contributed by atoms with van der Waals surface area (Å²) in [5.74, 6) is 0.164. The van der Waals surface area contributed by atoms with Crippen LogP contribution in [-0.4, -0.2) is 27.7 Å². The van der Waals surface area contributed by atoms with Gasteiger partial charge >= 0.3 is 0 Å². The van der Waals surface area contributed by atoms with Crippen molar-refractivity contribution in [1.82, 2.24) is 15.5 Å². The lowest BCUT2D eigenvalue weighted by atomic mass is 10.1. The van der Waals surface area contributed by atoms with Crippen LogP contribution in [0.15, 0.2) is 59.4 Å². The van der Waals surface area contributed by atoms with Crippen LogP contribution in [0.4, 0.5) is 0 Å². The second kappa shape index (κ2) is 7.25. The molecule has 6 nitrogen and oxygen atoms in total. The fourth-order valence-corrected chi connectivity index (χ4v) is 2.48. The number of nitrogens with zero attached hydrogens (tertiary/aromatic N) is 2. The second-order valence-corrected chi connectivity index (χ2v) is 5.49. The lowest BCUT2D eigenvalue weighted by molar-refractivity contribution is 0.0916. The van der Waals surface area contributed by atoms with Gasteiger partial charge in [0.2, 0.25) is 12.2 Å². The van der Waals surface area contributed by atoms with Crippen molar-refractivity contribution in [2.45, 2.75) is 6.10 Å². The van der Waals surface area contributed by atoms with Crippen LogP contribution in [0.3, 0.4) is 0 Å². The molecule has 0 aliphatic heterocycles. The van der Waals surface area contributed by atoms with E-state index in [1.165, 1.54) is 6.39 Å². The Morgan fingerprint density at radius 3 is 2.62 bits per heavy atom. The minimum absolute atomic E-state index is 0.0646. The molecule has 0 saturated heterocycles. The van der Waals surface area contributed by atoms with Crippen LogP contribution >= 0.6 is 11.6 Å². The van der Waals surface area contributed by atoms with Crippen LogP contribution in [0.2, 0.25) is 5.02 Å². The van der Waals surface area contributed by atoms with Crippen LogP contribution in [0, 0.1) is 0 Å². The molecular formula is C17H14ClN3O3. The van der Waals surface area contributed by atoms with Gasteiger partial charge in [-0.3, -0.25) is 4.79 Å². The molecular weight excluding hydrogens is 330 g/mol. The smallest absolute Gasteiger partial charge is 0.251 e. The Morgan fingerprint density at radius 2 is 1.96 bits per heavy atom. The summed E-state index contributed by atoms with van der Waals surface area (Å²) in [6, 6.07) is 13.7. The lowest BCUT2D eigenvalue weighted by Gasteiger charge is -2.13. The molecule has 2 N–H and O–H groups in total. The van der Waals surface area contributed by atoms with Gasteiger partial charge in [0.1, 0.15) is 0 Å². The van der Waals surface area contributed by atoms with Crippen LogP contribution in [0.5, 0.6) is 0 Å². The number of aliphatic hydroxyl groups is 1. The number of benzene rings is 2. The molecule has 0 fully saturated rings. The first-order valence-electron chi connectivity index (χ1n) is 7.22. The van der Waals surface area contributed by atoms with Crippen LogP contribution in [-0.2, 0) is 0 Å². The number of amides is 1. The first kappa shape index (κ1) is 16.2. The van der Waals surface area contributed by atoms with E-state index in [0.29, 0.717) is 22.0 Å². The minimum atomic E-state index is -0.874. The number of aromatic nitrogens is 2. The number of rotatable bonds is 5. The first-order valence-corrected chi connectivity index (χ1v) is 7.60. The minimum Gasteiger partial charge on any atom is -0.387 e. The van der Waals surface area contributed by atoms with Crippen molar-refractivity contribution < 1.29 is 14.4 Å². The molecule has 1 atom stereocenters. The monoisotopic (exact) mass is 343 g/mol. The molecule has 0 saturated carbocycles. The van der Waals surface area contributed by atoms with E-state index in [0.717, 1.165) is 5.56 Å². The van der Waals surface area contributed by atoms with Gasteiger partial charge in [-0.15, -0.1) is 0 Å². The van der Waals surface area contributed by atoms with Crippen molar-refractivity contribution in [1.29, 1.82) is 0 Å². The van der Waals surface area contributed by atoms with E-state index in [2.05, 4.69) is 20.0 Å². The van der Waals surface area contributed by atoms with E-state index in [1.807, 2.05) is 0 Å². The van der Waals surface area contributed by atoms with E-state index >= 15 is 0 Å². The molecule has 3 rings (SSSR count). The lowest BCUT2D eigenvalue weighted by Crippen LogP contribution is -2.28. The molecule has 2 aromatic carbocycles. The summed E-state index contributed by atoms with van der Waals surface area (Å²) in [4.78, 5) is 16.1. The Morgan fingerprint density at radius 1 is 1.21 bits per heavy atom. The highest BCUT2D eigenvalue weighted by molar-refractivity contribution is 6.31. The Balaban J connectivity index is 1.62. The van der Waals surface area contributed by atoms with Crippen LogP contribution in [0.1, 0.15) is 22.0 Å². The molecule has 24 heavy (non-hydrogen) atoms. The molecule has 7 heteroatoms. The van der Waals surface area contributed by atoms with Gasteiger partial charge in [0.15, 0.2) is 0 Å². The highest BCUT2D eigenvalue weighted by atomic mass is 35.5. The molecule has 122 valence electrons. The summed E-state index contributed by atoms with van der Waals surface area (Å²) in [6.07, 6.45) is 0.368. The third kappa shape index (κ3) is 3.61. The summed E-state index contributed by atoms with van der Waals surface area (Å²) < 4.78 is 4.68. The number of hydrogen-bond acceptors (Lipinski definition) is 5. The standard InChI is InChI=1S/C17H14ClN3O3/c18-14-4-2-1-3-13(14)15(22)9-19-17(23)12-7-5-11(6-8-12)16-20-10-24-21-16/h1-8,10,15,22H,9H2,(H,19,23). The molecule has 0 radical (unpaired) electrons.